The van der Waals surface area contributed by atoms with Gasteiger partial charge in [-0.1, -0.05) is 12.1 Å². The van der Waals surface area contributed by atoms with Gasteiger partial charge in [-0.05, 0) is 24.6 Å². The summed E-state index contributed by atoms with van der Waals surface area (Å²) in [6, 6.07) is 6.31. The highest BCUT2D eigenvalue weighted by atomic mass is 19.1. The molecule has 0 bridgehead atoms. The van der Waals surface area contributed by atoms with Gasteiger partial charge in [-0.2, -0.15) is 0 Å². The summed E-state index contributed by atoms with van der Waals surface area (Å²) in [6.07, 6.45) is 3.04. The summed E-state index contributed by atoms with van der Waals surface area (Å²) in [7, 11) is 0. The Kier molecular flexibility index (Phi) is 4.14. The van der Waals surface area contributed by atoms with Gasteiger partial charge in [-0.3, -0.25) is 14.6 Å². The largest absolute Gasteiger partial charge is 0.338 e. The zero-order valence-electron chi connectivity index (χ0n) is 14.4. The zero-order valence-corrected chi connectivity index (χ0v) is 14.4. The predicted octanol–water partition coefficient (Wildman–Crippen LogP) is 1.65. The van der Waals surface area contributed by atoms with Crippen molar-refractivity contribution in [3.8, 4) is 0 Å². The smallest absolute Gasteiger partial charge is 0.274 e. The van der Waals surface area contributed by atoms with E-state index in [1.165, 1.54) is 18.3 Å². The first kappa shape index (κ1) is 16.6. The third kappa shape index (κ3) is 3.05. The highest BCUT2D eigenvalue weighted by Gasteiger charge is 2.47. The van der Waals surface area contributed by atoms with Crippen LogP contribution in [0.2, 0.25) is 0 Å². The van der Waals surface area contributed by atoms with Crippen LogP contribution in [0.3, 0.4) is 0 Å². The van der Waals surface area contributed by atoms with Gasteiger partial charge in [0.25, 0.3) is 5.91 Å². The summed E-state index contributed by atoms with van der Waals surface area (Å²) in [4.78, 5) is 36.9. The molecule has 0 unspecified atom stereocenters. The van der Waals surface area contributed by atoms with E-state index in [2.05, 4.69) is 9.97 Å². The van der Waals surface area contributed by atoms with Crippen molar-refractivity contribution in [1.29, 1.82) is 0 Å². The fourth-order valence-electron chi connectivity index (χ4n) is 3.77. The van der Waals surface area contributed by atoms with Crippen molar-refractivity contribution in [2.45, 2.75) is 13.5 Å². The molecule has 134 valence electrons. The number of benzene rings is 1. The zero-order chi connectivity index (χ0) is 18.3. The lowest BCUT2D eigenvalue weighted by molar-refractivity contribution is -0.131. The Morgan fingerprint density at radius 3 is 2.77 bits per heavy atom. The topological polar surface area (TPSA) is 66.4 Å². The molecule has 2 atom stereocenters. The van der Waals surface area contributed by atoms with Gasteiger partial charge in [0.05, 0.1) is 17.8 Å². The molecule has 3 heterocycles. The fraction of sp³-hybridized carbons (Fsp3) is 0.368. The van der Waals surface area contributed by atoms with Crippen LogP contribution < -0.4 is 0 Å². The Bertz CT molecular complexity index is 855. The van der Waals surface area contributed by atoms with Crippen molar-refractivity contribution in [2.24, 2.45) is 11.8 Å². The minimum atomic E-state index is -0.301. The third-order valence-corrected chi connectivity index (χ3v) is 5.07. The van der Waals surface area contributed by atoms with Crippen LogP contribution in [0, 0.1) is 24.6 Å². The molecule has 1 aromatic heterocycles. The number of halogens is 1. The second kappa shape index (κ2) is 6.48. The normalized spacial score (nSPS) is 22.0. The maximum atomic E-state index is 13.3. The van der Waals surface area contributed by atoms with Crippen LogP contribution in [0.4, 0.5) is 4.39 Å². The summed E-state index contributed by atoms with van der Waals surface area (Å²) in [5.74, 6) is -0.532. The molecule has 0 aliphatic carbocycles. The number of aromatic nitrogens is 2. The first-order valence-electron chi connectivity index (χ1n) is 8.62. The van der Waals surface area contributed by atoms with Crippen LogP contribution in [-0.2, 0) is 11.3 Å². The van der Waals surface area contributed by atoms with Crippen LogP contribution in [0.15, 0.2) is 36.7 Å². The summed E-state index contributed by atoms with van der Waals surface area (Å²) in [6.45, 7) is 3.74. The number of carbonyl (C=O) groups excluding carboxylic acids is 2. The van der Waals surface area contributed by atoms with E-state index in [1.54, 1.807) is 22.1 Å². The van der Waals surface area contributed by atoms with Gasteiger partial charge >= 0.3 is 0 Å². The van der Waals surface area contributed by atoms with Gasteiger partial charge in [-0.25, -0.2) is 9.37 Å². The van der Waals surface area contributed by atoms with Crippen molar-refractivity contribution in [1.82, 2.24) is 19.8 Å². The molecule has 2 aromatic rings. The highest BCUT2D eigenvalue weighted by Crippen LogP contribution is 2.33. The van der Waals surface area contributed by atoms with Gasteiger partial charge in [0.1, 0.15) is 11.5 Å². The molecular formula is C19H19FN4O2. The first-order valence-corrected chi connectivity index (χ1v) is 8.62. The molecule has 2 saturated heterocycles. The van der Waals surface area contributed by atoms with E-state index >= 15 is 0 Å². The Balaban J connectivity index is 1.41. The molecule has 0 saturated carbocycles. The number of carbonyl (C=O) groups is 2. The Labute approximate surface area is 150 Å². The van der Waals surface area contributed by atoms with Crippen molar-refractivity contribution in [3.05, 3.63) is 59.4 Å². The molecule has 2 aliphatic rings. The number of nitrogens with zero attached hydrogens (tertiary/aromatic N) is 4. The summed E-state index contributed by atoms with van der Waals surface area (Å²) >= 11 is 0. The number of fused-ring (bicyclic) bond motifs is 1. The lowest BCUT2D eigenvalue weighted by atomic mass is 10.0. The number of hydrogen-bond donors (Lipinski definition) is 0. The second-order valence-electron chi connectivity index (χ2n) is 6.97. The Hall–Kier alpha value is -2.83. The minimum Gasteiger partial charge on any atom is -0.338 e. The molecule has 1 aromatic carbocycles. The Morgan fingerprint density at radius 2 is 2.08 bits per heavy atom. The van der Waals surface area contributed by atoms with Crippen LogP contribution in [0.1, 0.15) is 21.7 Å². The fourth-order valence-corrected chi connectivity index (χ4v) is 3.77. The van der Waals surface area contributed by atoms with E-state index < -0.39 is 0 Å². The van der Waals surface area contributed by atoms with Crippen molar-refractivity contribution in [3.63, 3.8) is 0 Å². The molecule has 4 rings (SSSR count). The molecule has 2 fully saturated rings. The average Bonchev–Trinajstić information content (AvgIpc) is 3.15. The van der Waals surface area contributed by atoms with Gasteiger partial charge < -0.3 is 9.80 Å². The van der Waals surface area contributed by atoms with Crippen molar-refractivity contribution < 1.29 is 14.0 Å². The van der Waals surface area contributed by atoms with Gasteiger partial charge in [0, 0.05) is 38.3 Å². The maximum absolute atomic E-state index is 13.3. The summed E-state index contributed by atoms with van der Waals surface area (Å²) < 4.78 is 13.3. The minimum absolute atomic E-state index is 0.0320. The molecule has 0 radical (unpaired) electrons. The third-order valence-electron chi connectivity index (χ3n) is 5.07. The number of rotatable bonds is 3. The number of aryl methyl sites for hydroxylation is 1. The predicted molar refractivity (Wildman–Crippen MR) is 91.5 cm³/mol. The van der Waals surface area contributed by atoms with Crippen LogP contribution in [-0.4, -0.2) is 51.2 Å². The molecule has 0 N–H and O–H groups in total. The van der Waals surface area contributed by atoms with E-state index in [-0.39, 0.29) is 29.5 Å². The Morgan fingerprint density at radius 1 is 1.23 bits per heavy atom. The van der Waals surface area contributed by atoms with Crippen LogP contribution >= 0.6 is 0 Å². The summed E-state index contributed by atoms with van der Waals surface area (Å²) in [5, 5.41) is 0. The maximum Gasteiger partial charge on any atom is 0.274 e. The average molecular weight is 354 g/mol. The molecule has 7 heteroatoms. The molecule has 26 heavy (non-hydrogen) atoms. The van der Waals surface area contributed by atoms with E-state index in [0.717, 1.165) is 11.3 Å². The van der Waals surface area contributed by atoms with E-state index in [0.29, 0.717) is 31.9 Å². The van der Waals surface area contributed by atoms with Crippen molar-refractivity contribution >= 4 is 11.8 Å². The standard InChI is InChI=1S/C19H19FN4O2/c1-12-6-22-17(7-21-12)19(26)24-10-14-9-23(18(25)16(14)11-24)8-13-3-2-4-15(20)5-13/h2-7,14,16H,8-11H2,1H3/t14-,16+/m1/s1. The van der Waals surface area contributed by atoms with Gasteiger partial charge in [-0.15, -0.1) is 0 Å². The SMILES string of the molecule is Cc1cnc(C(=O)N2C[C@H]3CN(Cc4cccc(F)c4)C(=O)[C@H]3C2)cn1. The molecular weight excluding hydrogens is 335 g/mol. The van der Waals surface area contributed by atoms with E-state index in [4.69, 9.17) is 0 Å². The van der Waals surface area contributed by atoms with Gasteiger partial charge in [0.15, 0.2) is 0 Å². The lowest BCUT2D eigenvalue weighted by Gasteiger charge is -2.21. The lowest BCUT2D eigenvalue weighted by Crippen LogP contribution is -2.35. The van der Waals surface area contributed by atoms with Gasteiger partial charge in [0.2, 0.25) is 5.91 Å². The van der Waals surface area contributed by atoms with Crippen LogP contribution in [0.25, 0.3) is 0 Å². The molecule has 2 aliphatic heterocycles. The van der Waals surface area contributed by atoms with E-state index in [9.17, 15) is 14.0 Å². The first-order chi connectivity index (χ1) is 12.5. The monoisotopic (exact) mass is 354 g/mol. The van der Waals surface area contributed by atoms with Crippen LogP contribution in [0.5, 0.6) is 0 Å². The second-order valence-corrected chi connectivity index (χ2v) is 6.97. The molecule has 6 nitrogen and oxygen atoms in total. The van der Waals surface area contributed by atoms with E-state index in [1.807, 2.05) is 13.0 Å². The summed E-state index contributed by atoms with van der Waals surface area (Å²) in [5.41, 5.74) is 1.84. The van der Waals surface area contributed by atoms with Crippen molar-refractivity contribution in [2.75, 3.05) is 19.6 Å². The number of likely N-dealkylation sites (tertiary alicyclic amines) is 2. The quantitative estimate of drug-likeness (QED) is 0.841. The number of hydrogen-bond acceptors (Lipinski definition) is 4. The highest BCUT2D eigenvalue weighted by molar-refractivity contribution is 5.93. The number of amides is 2. The molecule has 2 amide bonds. The molecule has 0 spiro atoms.